The van der Waals surface area contributed by atoms with Crippen LogP contribution in [0.5, 0.6) is 0 Å². The predicted octanol–water partition coefficient (Wildman–Crippen LogP) is -7.50. The molecule has 1 amide bonds. The number of ether oxygens (including phenoxy) is 2. The first-order valence-electron chi connectivity index (χ1n) is 10.7. The molecule has 1 aliphatic rings. The highest BCUT2D eigenvalue weighted by atomic mass is 16.7. The summed E-state index contributed by atoms with van der Waals surface area (Å²) >= 11 is 0. The van der Waals surface area contributed by atoms with E-state index in [9.17, 15) is 45.6 Å². The molecule has 0 saturated carbocycles. The molecule has 33 heavy (non-hydrogen) atoms. The molecule has 1 saturated heterocycles. The normalized spacial score (nSPS) is 29.3. The van der Waals surface area contributed by atoms with E-state index in [0.717, 1.165) is 0 Å². The minimum absolute atomic E-state index is 0.111. The van der Waals surface area contributed by atoms with Crippen LogP contribution in [-0.2, 0) is 14.3 Å². The van der Waals surface area contributed by atoms with E-state index in [1.807, 2.05) is 0 Å². The summed E-state index contributed by atoms with van der Waals surface area (Å²) in [5.41, 5.74) is 5.35. The fourth-order valence-corrected chi connectivity index (χ4v) is 3.08. The van der Waals surface area contributed by atoms with Gasteiger partial charge in [-0.2, -0.15) is 0 Å². The summed E-state index contributed by atoms with van der Waals surface area (Å²) in [5, 5.41) is 87.3. The van der Waals surface area contributed by atoms with Crippen LogP contribution in [-0.4, -0.2) is 154 Å². The van der Waals surface area contributed by atoms with Gasteiger partial charge >= 0.3 is 0 Å². The van der Waals surface area contributed by atoms with Gasteiger partial charge in [-0.15, -0.1) is 0 Å². The van der Waals surface area contributed by atoms with Crippen molar-refractivity contribution in [2.45, 2.75) is 55.1 Å². The zero-order valence-corrected chi connectivity index (χ0v) is 18.2. The molecule has 0 bridgehead atoms. The Morgan fingerprint density at radius 3 is 2.12 bits per heavy atom. The molecule has 1 rings (SSSR count). The van der Waals surface area contributed by atoms with Crippen molar-refractivity contribution in [3.05, 3.63) is 0 Å². The lowest BCUT2D eigenvalue weighted by molar-refractivity contribution is -0.326. The van der Waals surface area contributed by atoms with Gasteiger partial charge in [-0.3, -0.25) is 4.79 Å². The van der Waals surface area contributed by atoms with Gasteiger partial charge in [0.2, 0.25) is 0 Å². The molecule has 15 heteroatoms. The van der Waals surface area contributed by atoms with Crippen molar-refractivity contribution in [2.75, 3.05) is 52.5 Å². The molecule has 0 spiro atoms. The number of carbonyl (C=O) groups is 1. The quantitative estimate of drug-likeness (QED) is 0.0905. The second kappa shape index (κ2) is 15.8. The molecule has 9 atom stereocenters. The minimum Gasteiger partial charge on any atom is -0.394 e. The molecule has 15 nitrogen and oxygen atoms in total. The molecule has 0 aromatic carbocycles. The fraction of sp³-hybridized carbons (Fsp3) is 0.944. The third-order valence-electron chi connectivity index (χ3n) is 5.04. The van der Waals surface area contributed by atoms with Gasteiger partial charge in [0.15, 0.2) is 12.4 Å². The molecule has 0 aromatic heterocycles. The molecular weight excluding hydrogens is 448 g/mol. The van der Waals surface area contributed by atoms with Gasteiger partial charge in [-0.1, -0.05) is 0 Å². The third-order valence-corrected chi connectivity index (χ3v) is 5.04. The summed E-state index contributed by atoms with van der Waals surface area (Å²) < 4.78 is 10.4. The number of nitrogens with two attached hydrogens (primary N) is 1. The summed E-state index contributed by atoms with van der Waals surface area (Å²) in [4.78, 5) is 12.2. The lowest BCUT2D eigenvalue weighted by Gasteiger charge is -2.42. The van der Waals surface area contributed by atoms with E-state index in [1.165, 1.54) is 0 Å². The van der Waals surface area contributed by atoms with Gasteiger partial charge in [0.25, 0.3) is 5.91 Å². The number of rotatable bonds is 16. The maximum absolute atomic E-state index is 12.2. The number of carbonyl (C=O) groups excluding carboxylic acids is 1. The highest BCUT2D eigenvalue weighted by molar-refractivity contribution is 5.81. The lowest BCUT2D eigenvalue weighted by atomic mass is 9.98. The van der Waals surface area contributed by atoms with Crippen LogP contribution in [0.1, 0.15) is 0 Å². The maximum Gasteiger partial charge on any atom is 0.251 e. The second-order valence-electron chi connectivity index (χ2n) is 7.56. The summed E-state index contributed by atoms with van der Waals surface area (Å²) in [5.74, 6) is -0.988. The molecule has 1 heterocycles. The Labute approximate surface area is 191 Å². The molecule has 1 aliphatic heterocycles. The van der Waals surface area contributed by atoms with E-state index in [0.29, 0.717) is 32.7 Å². The number of hydrogen-bond acceptors (Lipinski definition) is 14. The Balaban J connectivity index is 2.63. The zero-order valence-electron chi connectivity index (χ0n) is 18.2. The van der Waals surface area contributed by atoms with Gasteiger partial charge in [-0.05, 0) is 0 Å². The van der Waals surface area contributed by atoms with Crippen molar-refractivity contribution in [1.29, 1.82) is 0 Å². The predicted molar refractivity (Wildman–Crippen MR) is 112 cm³/mol. The first kappa shape index (κ1) is 30.0. The van der Waals surface area contributed by atoms with E-state index in [2.05, 4.69) is 16.0 Å². The van der Waals surface area contributed by atoms with Gasteiger partial charge in [0.1, 0.15) is 42.7 Å². The van der Waals surface area contributed by atoms with Gasteiger partial charge in [-0.25, -0.2) is 0 Å². The summed E-state index contributed by atoms with van der Waals surface area (Å²) in [6.45, 7) is 1.25. The Kier molecular flexibility index (Phi) is 14.3. The Morgan fingerprint density at radius 2 is 1.55 bits per heavy atom. The number of aliphatic hydroxyl groups is 8. The molecular formula is C18H38N4O11. The molecule has 0 aromatic rings. The molecule has 8 unspecified atom stereocenters. The van der Waals surface area contributed by atoms with Crippen molar-refractivity contribution in [1.82, 2.24) is 16.0 Å². The molecule has 196 valence electrons. The SMILES string of the molecule is NCCNCCNCCNC(=O)C(O)C(O)C(OC1OC(CO)[C@@H](O)C(O)C1O)C(O)CO. The van der Waals surface area contributed by atoms with Crippen LogP contribution in [0.3, 0.4) is 0 Å². The smallest absolute Gasteiger partial charge is 0.251 e. The molecule has 13 N–H and O–H groups in total. The van der Waals surface area contributed by atoms with Crippen molar-refractivity contribution < 1.29 is 55.1 Å². The zero-order chi connectivity index (χ0) is 25.0. The van der Waals surface area contributed by atoms with Gasteiger partial charge in [0, 0.05) is 39.3 Å². The van der Waals surface area contributed by atoms with Crippen LogP contribution < -0.4 is 21.7 Å². The first-order valence-corrected chi connectivity index (χ1v) is 10.7. The highest BCUT2D eigenvalue weighted by Crippen LogP contribution is 2.25. The van der Waals surface area contributed by atoms with E-state index in [1.54, 1.807) is 0 Å². The van der Waals surface area contributed by atoms with Crippen molar-refractivity contribution >= 4 is 5.91 Å². The van der Waals surface area contributed by atoms with Crippen LogP contribution in [0.2, 0.25) is 0 Å². The first-order chi connectivity index (χ1) is 15.7. The van der Waals surface area contributed by atoms with Crippen LogP contribution in [0.4, 0.5) is 0 Å². The Bertz CT molecular complexity index is 548. The molecule has 0 aliphatic carbocycles. The van der Waals surface area contributed by atoms with Crippen molar-refractivity contribution in [3.8, 4) is 0 Å². The topological polar surface area (TPSA) is 259 Å². The Hall–Kier alpha value is -1.05. The second-order valence-corrected chi connectivity index (χ2v) is 7.56. The van der Waals surface area contributed by atoms with E-state index in [4.69, 9.17) is 15.2 Å². The number of hydrogen-bond donors (Lipinski definition) is 12. The van der Waals surface area contributed by atoms with Crippen LogP contribution >= 0.6 is 0 Å². The summed E-state index contributed by atoms with van der Waals surface area (Å²) in [6, 6.07) is 0. The lowest BCUT2D eigenvalue weighted by Crippen LogP contribution is -2.62. The van der Waals surface area contributed by atoms with Gasteiger partial charge in [0.05, 0.1) is 13.2 Å². The van der Waals surface area contributed by atoms with Crippen molar-refractivity contribution in [3.63, 3.8) is 0 Å². The average molecular weight is 487 g/mol. The fourth-order valence-electron chi connectivity index (χ4n) is 3.08. The maximum atomic E-state index is 12.2. The number of amides is 1. The Morgan fingerprint density at radius 1 is 0.939 bits per heavy atom. The van der Waals surface area contributed by atoms with E-state index >= 15 is 0 Å². The monoisotopic (exact) mass is 486 g/mol. The van der Waals surface area contributed by atoms with Crippen molar-refractivity contribution in [2.24, 2.45) is 5.73 Å². The summed E-state index contributed by atoms with van der Waals surface area (Å²) in [6.07, 6.45) is -16.3. The minimum atomic E-state index is -2.09. The standard InChI is InChI=1S/C18H38N4O11/c19-1-2-20-3-4-21-5-6-22-17(31)14(29)13(28)16(9(25)7-23)33-18-15(30)12(27)11(26)10(8-24)32-18/h9-16,18,20-21,23-30H,1-8,19H2,(H,22,31)/t9?,10?,11-,12?,13?,14?,15?,16?,18?/m1/s1. The molecule has 0 radical (unpaired) electrons. The average Bonchev–Trinajstić information content (AvgIpc) is 2.82. The third kappa shape index (κ3) is 9.25. The van der Waals surface area contributed by atoms with Gasteiger partial charge < -0.3 is 72.0 Å². The number of nitrogens with one attached hydrogen (secondary N) is 3. The van der Waals surface area contributed by atoms with E-state index in [-0.39, 0.29) is 6.54 Å². The highest BCUT2D eigenvalue weighted by Gasteiger charge is 2.47. The van der Waals surface area contributed by atoms with Crippen LogP contribution in [0, 0.1) is 0 Å². The van der Waals surface area contributed by atoms with E-state index < -0.39 is 74.2 Å². The summed E-state index contributed by atoms with van der Waals surface area (Å²) in [7, 11) is 0. The largest absolute Gasteiger partial charge is 0.394 e. The number of aliphatic hydroxyl groups excluding tert-OH is 8. The molecule has 1 fully saturated rings. The van der Waals surface area contributed by atoms with Crippen LogP contribution in [0.25, 0.3) is 0 Å². The van der Waals surface area contributed by atoms with Crippen LogP contribution in [0.15, 0.2) is 0 Å².